The number of hydrogen-bond donors (Lipinski definition) is 1. The van der Waals surface area contributed by atoms with Gasteiger partial charge in [0.25, 0.3) is 5.91 Å². The van der Waals surface area contributed by atoms with Crippen molar-refractivity contribution in [2.45, 2.75) is 6.42 Å². The van der Waals surface area contributed by atoms with E-state index < -0.39 is 17.7 Å². The number of nitrogens with two attached hydrogens (primary N) is 1. The van der Waals surface area contributed by atoms with Crippen molar-refractivity contribution in [3.8, 4) is 0 Å². The highest BCUT2D eigenvalue weighted by atomic mass is 16.2. The van der Waals surface area contributed by atoms with Crippen molar-refractivity contribution in [1.82, 2.24) is 4.90 Å². The van der Waals surface area contributed by atoms with Crippen molar-refractivity contribution in [1.29, 1.82) is 0 Å². The van der Waals surface area contributed by atoms with Crippen LogP contribution in [0.5, 0.6) is 0 Å². The number of benzene rings is 1. The lowest BCUT2D eigenvalue weighted by Gasteiger charge is -2.24. The highest BCUT2D eigenvalue weighted by molar-refractivity contribution is 6.19. The normalized spacial score (nSPS) is 14.9. The summed E-state index contributed by atoms with van der Waals surface area (Å²) in [5.41, 5.74) is 6.20. The van der Waals surface area contributed by atoms with Crippen LogP contribution in [-0.2, 0) is 16.0 Å². The molecule has 0 spiro atoms. The van der Waals surface area contributed by atoms with Crippen LogP contribution in [-0.4, -0.2) is 29.2 Å². The lowest BCUT2D eigenvalue weighted by atomic mass is 9.98. The Hall–Kier alpha value is -2.01. The van der Waals surface area contributed by atoms with Gasteiger partial charge in [0.1, 0.15) is 0 Å². The van der Waals surface area contributed by atoms with Crippen molar-refractivity contribution in [2.24, 2.45) is 5.73 Å². The number of amides is 3. The second-order valence-corrected chi connectivity index (χ2v) is 3.47. The predicted octanol–water partition coefficient (Wildman–Crippen LogP) is -0.303. The van der Waals surface area contributed by atoms with Gasteiger partial charge in [-0.25, -0.2) is 4.90 Å². The van der Waals surface area contributed by atoms with Crippen LogP contribution in [0, 0.1) is 0 Å². The first kappa shape index (κ1) is 10.5. The van der Waals surface area contributed by atoms with Gasteiger partial charge in [-0.1, -0.05) is 18.2 Å². The summed E-state index contributed by atoms with van der Waals surface area (Å²) in [5, 5.41) is 0. The zero-order valence-electron chi connectivity index (χ0n) is 8.47. The summed E-state index contributed by atoms with van der Waals surface area (Å²) < 4.78 is 0. The maximum atomic E-state index is 11.9. The Morgan fingerprint density at radius 3 is 2.69 bits per heavy atom. The highest BCUT2D eigenvalue weighted by Crippen LogP contribution is 2.19. The van der Waals surface area contributed by atoms with Gasteiger partial charge in [0.05, 0.1) is 13.0 Å². The van der Waals surface area contributed by atoms with Crippen molar-refractivity contribution in [2.75, 3.05) is 6.54 Å². The first-order valence-corrected chi connectivity index (χ1v) is 4.83. The van der Waals surface area contributed by atoms with Crippen LogP contribution in [0.4, 0.5) is 0 Å². The van der Waals surface area contributed by atoms with E-state index in [1.165, 1.54) is 0 Å². The third-order valence-electron chi connectivity index (χ3n) is 2.47. The van der Waals surface area contributed by atoms with Crippen molar-refractivity contribution in [3.63, 3.8) is 0 Å². The van der Waals surface area contributed by atoms with Crippen molar-refractivity contribution >= 4 is 17.7 Å². The fourth-order valence-electron chi connectivity index (χ4n) is 1.70. The molecule has 0 aromatic heterocycles. The van der Waals surface area contributed by atoms with Gasteiger partial charge in [-0.15, -0.1) is 0 Å². The lowest BCUT2D eigenvalue weighted by molar-refractivity contribution is -0.140. The monoisotopic (exact) mass is 218 g/mol. The first-order chi connectivity index (χ1) is 7.65. The number of hydrogen-bond acceptors (Lipinski definition) is 4. The van der Waals surface area contributed by atoms with E-state index in [9.17, 15) is 14.4 Å². The number of carbonyl (C=O) groups excluding carboxylic acids is 3. The minimum Gasteiger partial charge on any atom is -0.322 e. The molecule has 2 N–H and O–H groups in total. The summed E-state index contributed by atoms with van der Waals surface area (Å²) in [6, 6.07) is 6.74. The Kier molecular flexibility index (Phi) is 2.54. The molecular weight excluding hydrogens is 208 g/mol. The number of rotatable bonds is 1. The second-order valence-electron chi connectivity index (χ2n) is 3.47. The van der Waals surface area contributed by atoms with Crippen LogP contribution >= 0.6 is 0 Å². The summed E-state index contributed by atoms with van der Waals surface area (Å²) in [4.78, 5) is 35.4. The fraction of sp³-hybridized carbons (Fsp3) is 0.182. The smallest absolute Gasteiger partial charge is 0.267 e. The zero-order valence-corrected chi connectivity index (χ0v) is 8.47. The van der Waals surface area contributed by atoms with Crippen molar-refractivity contribution < 1.29 is 14.4 Å². The molecule has 0 saturated carbocycles. The van der Waals surface area contributed by atoms with E-state index in [4.69, 9.17) is 5.73 Å². The molecule has 1 aliphatic heterocycles. The molecular formula is C11H10N2O3. The first-order valence-electron chi connectivity index (χ1n) is 4.83. The molecule has 5 nitrogen and oxygen atoms in total. The maximum Gasteiger partial charge on any atom is 0.267 e. The molecule has 0 atom stereocenters. The number of fused-ring (bicyclic) bond motifs is 1. The Balaban J connectivity index is 2.46. The molecule has 3 amide bonds. The molecule has 16 heavy (non-hydrogen) atoms. The van der Waals surface area contributed by atoms with E-state index >= 15 is 0 Å². The van der Waals surface area contributed by atoms with Crippen LogP contribution in [0.15, 0.2) is 24.3 Å². The van der Waals surface area contributed by atoms with Gasteiger partial charge < -0.3 is 5.73 Å². The van der Waals surface area contributed by atoms with Crippen LogP contribution < -0.4 is 5.73 Å². The van der Waals surface area contributed by atoms with Crippen LogP contribution in [0.3, 0.4) is 0 Å². The van der Waals surface area contributed by atoms with Crippen LogP contribution in [0.1, 0.15) is 15.9 Å². The van der Waals surface area contributed by atoms with Gasteiger partial charge in [0.2, 0.25) is 11.8 Å². The van der Waals surface area contributed by atoms with Gasteiger partial charge in [-0.3, -0.25) is 14.4 Å². The van der Waals surface area contributed by atoms with Gasteiger partial charge >= 0.3 is 0 Å². The quantitative estimate of drug-likeness (QED) is 0.656. The molecule has 0 aliphatic carbocycles. The van der Waals surface area contributed by atoms with E-state index in [2.05, 4.69) is 0 Å². The molecule has 0 radical (unpaired) electrons. The number of imide groups is 3. The van der Waals surface area contributed by atoms with Crippen molar-refractivity contribution in [3.05, 3.63) is 35.4 Å². The minimum absolute atomic E-state index is 0.0631. The lowest BCUT2D eigenvalue weighted by Crippen LogP contribution is -2.48. The molecule has 2 rings (SSSR count). The average Bonchev–Trinajstić information content (AvgIpc) is 2.28. The molecule has 0 unspecified atom stereocenters. The maximum absolute atomic E-state index is 11.9. The molecule has 1 aromatic carbocycles. The van der Waals surface area contributed by atoms with Gasteiger partial charge in [-0.05, 0) is 11.6 Å². The molecule has 82 valence electrons. The van der Waals surface area contributed by atoms with E-state index in [0.29, 0.717) is 16.0 Å². The predicted molar refractivity (Wildman–Crippen MR) is 55.4 cm³/mol. The van der Waals surface area contributed by atoms with E-state index in [1.807, 2.05) is 0 Å². The molecule has 0 saturated heterocycles. The summed E-state index contributed by atoms with van der Waals surface area (Å²) in [7, 11) is 0. The van der Waals surface area contributed by atoms with E-state index in [1.54, 1.807) is 24.3 Å². The largest absolute Gasteiger partial charge is 0.322 e. The SMILES string of the molecule is NCC(=O)N1C(=O)Cc2ccccc2C1=O. The van der Waals surface area contributed by atoms with Gasteiger partial charge in [0, 0.05) is 5.56 Å². The van der Waals surface area contributed by atoms with Gasteiger partial charge in [-0.2, -0.15) is 0 Å². The molecule has 0 fully saturated rings. The third-order valence-corrected chi connectivity index (χ3v) is 2.47. The summed E-state index contributed by atoms with van der Waals surface area (Å²) >= 11 is 0. The average molecular weight is 218 g/mol. The molecule has 5 heteroatoms. The van der Waals surface area contributed by atoms with E-state index in [-0.39, 0.29) is 13.0 Å². The summed E-state index contributed by atoms with van der Waals surface area (Å²) in [5.74, 6) is -1.76. The number of carbonyl (C=O) groups is 3. The Bertz CT molecular complexity index is 482. The molecule has 1 aromatic rings. The second kappa shape index (κ2) is 3.86. The number of nitrogens with zero attached hydrogens (tertiary/aromatic N) is 1. The fourth-order valence-corrected chi connectivity index (χ4v) is 1.70. The van der Waals surface area contributed by atoms with Crippen LogP contribution in [0.25, 0.3) is 0 Å². The minimum atomic E-state index is -0.662. The zero-order chi connectivity index (χ0) is 11.7. The Morgan fingerprint density at radius 2 is 2.00 bits per heavy atom. The highest BCUT2D eigenvalue weighted by Gasteiger charge is 2.34. The van der Waals surface area contributed by atoms with Gasteiger partial charge in [0.15, 0.2) is 0 Å². The Labute approximate surface area is 91.8 Å². The summed E-state index contributed by atoms with van der Waals surface area (Å²) in [6.07, 6.45) is 0.0631. The van der Waals surface area contributed by atoms with E-state index in [0.717, 1.165) is 0 Å². The standard InChI is InChI=1S/C11H10N2O3/c12-6-10(15)13-9(14)5-7-3-1-2-4-8(7)11(13)16/h1-4H,5-6,12H2. The summed E-state index contributed by atoms with van der Waals surface area (Å²) in [6.45, 7) is -0.348. The molecule has 1 aliphatic rings. The molecule has 0 bridgehead atoms. The van der Waals surface area contributed by atoms with Crippen LogP contribution in [0.2, 0.25) is 0 Å². The topological polar surface area (TPSA) is 80.5 Å². The Morgan fingerprint density at radius 1 is 1.31 bits per heavy atom. The third kappa shape index (κ3) is 1.51. The molecule has 1 heterocycles.